The minimum absolute atomic E-state index is 0.0614. The fourth-order valence-corrected chi connectivity index (χ4v) is 2.72. The fourth-order valence-electron chi connectivity index (χ4n) is 2.72. The first-order chi connectivity index (χ1) is 9.54. The molecular weight excluding hydrogens is 252 g/mol. The molecule has 0 bridgehead atoms. The molecule has 0 spiro atoms. The summed E-state index contributed by atoms with van der Waals surface area (Å²) in [5.74, 6) is 0.0614. The van der Waals surface area contributed by atoms with E-state index < -0.39 is 0 Å². The number of aromatic amines is 1. The summed E-state index contributed by atoms with van der Waals surface area (Å²) in [6, 6.07) is 5.87. The Hall–Kier alpha value is -2.01. The molecule has 1 aromatic carbocycles. The predicted octanol–water partition coefficient (Wildman–Crippen LogP) is 1.45. The average molecular weight is 272 g/mol. The number of nitrogens with one attached hydrogen (secondary N) is 1. The standard InChI is InChI=1S/C15H20N4O/c1-10-7-11-9-13(17-14(11)12(16)8-10)15(20)19-5-3-18(2)4-6-19/h7-9,17H,3-6,16H2,1-2H3. The van der Waals surface area contributed by atoms with Gasteiger partial charge in [-0.25, -0.2) is 0 Å². The summed E-state index contributed by atoms with van der Waals surface area (Å²) in [6.45, 7) is 5.41. The molecule has 3 N–H and O–H groups in total. The molecule has 5 heteroatoms. The number of hydrogen-bond donors (Lipinski definition) is 2. The second kappa shape index (κ2) is 4.83. The number of amides is 1. The second-order valence-corrected chi connectivity index (χ2v) is 5.60. The highest BCUT2D eigenvalue weighted by Crippen LogP contribution is 2.24. The van der Waals surface area contributed by atoms with Gasteiger partial charge in [0.25, 0.3) is 5.91 Å². The first-order valence-corrected chi connectivity index (χ1v) is 6.91. The molecule has 0 aliphatic carbocycles. The lowest BCUT2D eigenvalue weighted by molar-refractivity contribution is 0.0659. The highest BCUT2D eigenvalue weighted by molar-refractivity contribution is 6.01. The molecule has 2 aromatic rings. The van der Waals surface area contributed by atoms with E-state index in [1.165, 1.54) is 0 Å². The van der Waals surface area contributed by atoms with Gasteiger partial charge in [0.05, 0.1) is 11.2 Å². The summed E-state index contributed by atoms with van der Waals surface area (Å²) in [5, 5.41) is 1.000. The summed E-state index contributed by atoms with van der Waals surface area (Å²) < 4.78 is 0. The van der Waals surface area contributed by atoms with Crippen LogP contribution in [0.3, 0.4) is 0 Å². The van der Waals surface area contributed by atoms with Crippen molar-refractivity contribution in [2.75, 3.05) is 39.0 Å². The predicted molar refractivity (Wildman–Crippen MR) is 80.8 cm³/mol. The number of anilines is 1. The molecule has 1 saturated heterocycles. The van der Waals surface area contributed by atoms with Gasteiger partial charge in [-0.15, -0.1) is 0 Å². The number of nitrogen functional groups attached to an aromatic ring is 1. The molecule has 3 rings (SSSR count). The molecule has 1 aliphatic heterocycles. The van der Waals surface area contributed by atoms with Crippen LogP contribution in [0.4, 0.5) is 5.69 Å². The van der Waals surface area contributed by atoms with E-state index >= 15 is 0 Å². The summed E-state index contributed by atoms with van der Waals surface area (Å²) >= 11 is 0. The number of nitrogens with zero attached hydrogens (tertiary/aromatic N) is 2. The van der Waals surface area contributed by atoms with Gasteiger partial charge >= 0.3 is 0 Å². The molecule has 5 nitrogen and oxygen atoms in total. The number of aryl methyl sites for hydroxylation is 1. The maximum atomic E-state index is 12.5. The molecule has 1 fully saturated rings. The Kier molecular flexibility index (Phi) is 3.14. The van der Waals surface area contributed by atoms with Crippen molar-refractivity contribution in [3.05, 3.63) is 29.5 Å². The fraction of sp³-hybridized carbons (Fsp3) is 0.400. The largest absolute Gasteiger partial charge is 0.397 e. The number of nitrogens with two attached hydrogens (primary N) is 1. The molecule has 1 amide bonds. The lowest BCUT2D eigenvalue weighted by atomic mass is 10.1. The Labute approximate surface area is 118 Å². The van der Waals surface area contributed by atoms with Crippen LogP contribution in [0.25, 0.3) is 10.9 Å². The minimum atomic E-state index is 0.0614. The first-order valence-electron chi connectivity index (χ1n) is 6.91. The van der Waals surface area contributed by atoms with E-state index in [1.807, 2.05) is 30.0 Å². The Morgan fingerprint density at radius 2 is 1.90 bits per heavy atom. The van der Waals surface area contributed by atoms with Gasteiger partial charge in [-0.2, -0.15) is 0 Å². The minimum Gasteiger partial charge on any atom is -0.397 e. The van der Waals surface area contributed by atoms with Crippen molar-refractivity contribution in [2.24, 2.45) is 0 Å². The van der Waals surface area contributed by atoms with Gasteiger partial charge in [0, 0.05) is 31.6 Å². The van der Waals surface area contributed by atoms with Crippen LogP contribution in [0.15, 0.2) is 18.2 Å². The topological polar surface area (TPSA) is 65.4 Å². The van der Waals surface area contributed by atoms with Gasteiger partial charge in [-0.05, 0) is 37.7 Å². The van der Waals surface area contributed by atoms with Crippen molar-refractivity contribution in [3.63, 3.8) is 0 Å². The number of carbonyl (C=O) groups excluding carboxylic acids is 1. The number of likely N-dealkylation sites (N-methyl/N-ethyl adjacent to an activating group) is 1. The Morgan fingerprint density at radius 1 is 1.20 bits per heavy atom. The van der Waals surface area contributed by atoms with Crippen molar-refractivity contribution >= 4 is 22.5 Å². The van der Waals surface area contributed by atoms with Crippen LogP contribution in [0.2, 0.25) is 0 Å². The first kappa shape index (κ1) is 13.0. The SMILES string of the molecule is Cc1cc(N)c2[nH]c(C(=O)N3CCN(C)CC3)cc2c1. The molecular formula is C15H20N4O. The van der Waals surface area contributed by atoms with Crippen LogP contribution in [0, 0.1) is 6.92 Å². The van der Waals surface area contributed by atoms with Crippen molar-refractivity contribution in [1.82, 2.24) is 14.8 Å². The number of fused-ring (bicyclic) bond motifs is 1. The van der Waals surface area contributed by atoms with Crippen LogP contribution in [-0.4, -0.2) is 53.9 Å². The molecule has 0 atom stereocenters. The zero-order valence-electron chi connectivity index (χ0n) is 11.9. The maximum absolute atomic E-state index is 12.5. The molecule has 2 heterocycles. The molecule has 0 unspecified atom stereocenters. The Morgan fingerprint density at radius 3 is 2.60 bits per heavy atom. The maximum Gasteiger partial charge on any atom is 0.270 e. The highest BCUT2D eigenvalue weighted by atomic mass is 16.2. The number of hydrogen-bond acceptors (Lipinski definition) is 3. The third-order valence-corrected chi connectivity index (χ3v) is 3.92. The average Bonchev–Trinajstić information content (AvgIpc) is 2.83. The lowest BCUT2D eigenvalue weighted by Crippen LogP contribution is -2.47. The number of benzene rings is 1. The molecule has 0 radical (unpaired) electrons. The molecule has 1 aromatic heterocycles. The summed E-state index contributed by atoms with van der Waals surface area (Å²) in [4.78, 5) is 19.8. The van der Waals surface area contributed by atoms with Crippen molar-refractivity contribution in [2.45, 2.75) is 6.92 Å². The van der Waals surface area contributed by atoms with Gasteiger partial charge in [0.15, 0.2) is 0 Å². The Balaban J connectivity index is 1.90. The second-order valence-electron chi connectivity index (χ2n) is 5.60. The van der Waals surface area contributed by atoms with Crippen molar-refractivity contribution in [3.8, 4) is 0 Å². The van der Waals surface area contributed by atoms with Gasteiger partial charge in [0.2, 0.25) is 0 Å². The van der Waals surface area contributed by atoms with Crippen LogP contribution in [0.1, 0.15) is 16.1 Å². The third-order valence-electron chi connectivity index (χ3n) is 3.92. The van der Waals surface area contributed by atoms with E-state index in [4.69, 9.17) is 5.73 Å². The van der Waals surface area contributed by atoms with Crippen LogP contribution in [-0.2, 0) is 0 Å². The Bertz CT molecular complexity index is 653. The zero-order valence-corrected chi connectivity index (χ0v) is 11.9. The quantitative estimate of drug-likeness (QED) is 0.772. The van der Waals surface area contributed by atoms with E-state index in [0.717, 1.165) is 42.6 Å². The number of aromatic nitrogens is 1. The molecule has 0 saturated carbocycles. The van der Waals surface area contributed by atoms with Crippen molar-refractivity contribution in [1.29, 1.82) is 0 Å². The van der Waals surface area contributed by atoms with Crippen molar-refractivity contribution < 1.29 is 4.79 Å². The van der Waals surface area contributed by atoms with E-state index in [1.54, 1.807) is 0 Å². The number of carbonyl (C=O) groups is 1. The smallest absolute Gasteiger partial charge is 0.270 e. The third kappa shape index (κ3) is 2.25. The van der Waals surface area contributed by atoms with Gasteiger partial charge in [0.1, 0.15) is 5.69 Å². The van der Waals surface area contributed by atoms with Gasteiger partial charge in [-0.1, -0.05) is 0 Å². The summed E-state index contributed by atoms with van der Waals surface area (Å²) in [5.41, 5.74) is 9.28. The molecule has 20 heavy (non-hydrogen) atoms. The van der Waals surface area contributed by atoms with E-state index in [2.05, 4.69) is 16.9 Å². The summed E-state index contributed by atoms with van der Waals surface area (Å²) in [6.07, 6.45) is 0. The zero-order chi connectivity index (χ0) is 14.3. The monoisotopic (exact) mass is 272 g/mol. The van der Waals surface area contributed by atoms with E-state index in [9.17, 15) is 4.79 Å². The normalized spacial score (nSPS) is 16.8. The molecule has 1 aliphatic rings. The van der Waals surface area contributed by atoms with Gasteiger partial charge < -0.3 is 20.5 Å². The number of rotatable bonds is 1. The summed E-state index contributed by atoms with van der Waals surface area (Å²) in [7, 11) is 2.08. The number of piperazine rings is 1. The lowest BCUT2D eigenvalue weighted by Gasteiger charge is -2.32. The van der Waals surface area contributed by atoms with E-state index in [-0.39, 0.29) is 5.91 Å². The van der Waals surface area contributed by atoms with Crippen LogP contribution in [0.5, 0.6) is 0 Å². The number of H-pyrrole nitrogens is 1. The highest BCUT2D eigenvalue weighted by Gasteiger charge is 2.22. The van der Waals surface area contributed by atoms with Crippen LogP contribution < -0.4 is 5.73 Å². The van der Waals surface area contributed by atoms with Crippen LogP contribution >= 0.6 is 0 Å². The van der Waals surface area contributed by atoms with Gasteiger partial charge in [-0.3, -0.25) is 4.79 Å². The van der Waals surface area contributed by atoms with E-state index in [0.29, 0.717) is 11.4 Å². The molecule has 106 valence electrons.